The molecular formula is C34H29N5O4S2. The zero-order valence-corrected chi connectivity index (χ0v) is 26.3. The highest BCUT2D eigenvalue weighted by Crippen LogP contribution is 2.44. The number of esters is 1. The van der Waals surface area contributed by atoms with E-state index in [2.05, 4.69) is 39.7 Å². The summed E-state index contributed by atoms with van der Waals surface area (Å²) in [6, 6.07) is 29.7. The van der Waals surface area contributed by atoms with Gasteiger partial charge in [0, 0.05) is 50.9 Å². The molecule has 45 heavy (non-hydrogen) atoms. The third-order valence-electron chi connectivity index (χ3n) is 7.83. The number of hydrogen-bond acceptors (Lipinski definition) is 7. The van der Waals surface area contributed by atoms with Gasteiger partial charge in [0.2, 0.25) is 0 Å². The molecule has 5 aromatic rings. The quantitative estimate of drug-likeness (QED) is 0.0803. The number of nitro benzene ring substituents is 1. The lowest BCUT2D eigenvalue weighted by atomic mass is 9.96. The number of rotatable bonds is 8. The summed E-state index contributed by atoms with van der Waals surface area (Å²) in [5, 5.41) is 15.1. The molecule has 1 saturated heterocycles. The molecule has 1 fully saturated rings. The van der Waals surface area contributed by atoms with Crippen LogP contribution in [0.2, 0.25) is 0 Å². The molecule has 0 radical (unpaired) electrons. The highest BCUT2D eigenvalue weighted by molar-refractivity contribution is 7.99. The molecular weight excluding hydrogens is 607 g/mol. The van der Waals surface area contributed by atoms with Gasteiger partial charge in [0.05, 0.1) is 35.4 Å². The van der Waals surface area contributed by atoms with E-state index in [1.165, 1.54) is 31.0 Å². The first kappa shape index (κ1) is 30.0. The molecule has 0 spiro atoms. The first-order valence-corrected chi connectivity index (χ1v) is 15.4. The average molecular weight is 636 g/mol. The second-order valence-corrected chi connectivity index (χ2v) is 12.1. The number of ether oxygens (including phenoxy) is 1. The average Bonchev–Trinajstić information content (AvgIpc) is 3.56. The maximum Gasteiger partial charge on any atom is 0.337 e. The maximum absolute atomic E-state index is 12.0. The van der Waals surface area contributed by atoms with Gasteiger partial charge in [-0.05, 0) is 110 Å². The van der Waals surface area contributed by atoms with E-state index in [0.29, 0.717) is 10.7 Å². The third kappa shape index (κ3) is 5.92. The Bertz CT molecular complexity index is 1880. The number of thiocarbonyl (C=S) groups is 1. The molecule has 1 aliphatic rings. The number of hydrogen-bond donors (Lipinski definition) is 1. The van der Waals surface area contributed by atoms with Crippen molar-refractivity contribution in [2.75, 3.05) is 12.0 Å². The van der Waals surface area contributed by atoms with Gasteiger partial charge in [0.15, 0.2) is 5.11 Å². The van der Waals surface area contributed by atoms with Crippen LogP contribution in [-0.2, 0) is 4.74 Å². The Balaban J connectivity index is 1.36. The minimum Gasteiger partial charge on any atom is -0.465 e. The number of nitro groups is 1. The summed E-state index contributed by atoms with van der Waals surface area (Å²) in [6.45, 7) is 4.16. The van der Waals surface area contributed by atoms with Gasteiger partial charge in [0.1, 0.15) is 0 Å². The van der Waals surface area contributed by atoms with Crippen LogP contribution < -0.4 is 10.2 Å². The van der Waals surface area contributed by atoms with Crippen LogP contribution in [0.4, 0.5) is 11.4 Å². The molecule has 9 nitrogen and oxygen atoms in total. The summed E-state index contributed by atoms with van der Waals surface area (Å²) in [4.78, 5) is 31.4. The summed E-state index contributed by atoms with van der Waals surface area (Å²) in [7, 11) is 1.37. The Hall–Kier alpha value is -5.00. The minimum absolute atomic E-state index is 0.0656. The van der Waals surface area contributed by atoms with Crippen molar-refractivity contribution in [3.05, 3.63) is 142 Å². The number of nitrogens with one attached hydrogen (secondary N) is 1. The van der Waals surface area contributed by atoms with E-state index in [0.717, 1.165) is 43.8 Å². The van der Waals surface area contributed by atoms with E-state index in [1.54, 1.807) is 30.5 Å². The number of carbonyl (C=O) groups is 1. The van der Waals surface area contributed by atoms with Gasteiger partial charge >= 0.3 is 5.97 Å². The standard InChI is InChI=1S/C34H29N5O4S2/c1-21-20-29(22(2)37(21)24-9-7-23(8-10-24)33(40)43-3)32-31(30-6-4-5-19-35-30)36-34(44)38(32)25-11-15-27(16-12-25)45-28-17-13-26(14-18-28)39(41)42/h4-20,31-32H,1-3H3,(H,36,44). The summed E-state index contributed by atoms with van der Waals surface area (Å²) in [5.74, 6) is -0.375. The second-order valence-electron chi connectivity index (χ2n) is 10.5. The fraction of sp³-hybridized carbons (Fsp3) is 0.147. The third-order valence-corrected chi connectivity index (χ3v) is 9.16. The molecule has 0 aliphatic carbocycles. The van der Waals surface area contributed by atoms with Gasteiger partial charge in [0.25, 0.3) is 5.69 Å². The van der Waals surface area contributed by atoms with E-state index >= 15 is 0 Å². The van der Waals surface area contributed by atoms with Crippen molar-refractivity contribution >= 4 is 46.4 Å². The molecule has 1 aliphatic heterocycles. The second kappa shape index (κ2) is 12.5. The molecule has 226 valence electrons. The van der Waals surface area contributed by atoms with Crippen LogP contribution in [0, 0.1) is 24.0 Å². The minimum atomic E-state index is -0.400. The van der Waals surface area contributed by atoms with Gasteiger partial charge in [-0.25, -0.2) is 4.79 Å². The van der Waals surface area contributed by atoms with Crippen LogP contribution in [0.15, 0.2) is 113 Å². The fourth-order valence-electron chi connectivity index (χ4n) is 5.74. The molecule has 2 unspecified atom stereocenters. The number of benzene rings is 3. The van der Waals surface area contributed by atoms with Gasteiger partial charge in [-0.2, -0.15) is 0 Å². The van der Waals surface area contributed by atoms with Gasteiger partial charge in [-0.15, -0.1) is 0 Å². The van der Waals surface area contributed by atoms with E-state index in [1.807, 2.05) is 54.6 Å². The van der Waals surface area contributed by atoms with Crippen LogP contribution in [0.3, 0.4) is 0 Å². The Labute approximate surface area is 270 Å². The molecule has 2 aromatic heterocycles. The van der Waals surface area contributed by atoms with Crippen LogP contribution in [-0.4, -0.2) is 32.7 Å². The van der Waals surface area contributed by atoms with Gasteiger partial charge < -0.3 is 19.5 Å². The number of pyridine rings is 1. The summed E-state index contributed by atoms with van der Waals surface area (Å²) < 4.78 is 7.04. The number of nitrogens with zero attached hydrogens (tertiary/aromatic N) is 4. The predicted molar refractivity (Wildman–Crippen MR) is 178 cm³/mol. The molecule has 0 amide bonds. The van der Waals surface area contributed by atoms with Crippen molar-refractivity contribution in [1.29, 1.82) is 0 Å². The number of aryl methyl sites for hydroxylation is 1. The Morgan fingerprint density at radius 1 is 0.956 bits per heavy atom. The van der Waals surface area contributed by atoms with Crippen LogP contribution in [0.1, 0.15) is 45.1 Å². The first-order chi connectivity index (χ1) is 21.7. The number of anilines is 1. The van der Waals surface area contributed by atoms with Gasteiger partial charge in [-0.3, -0.25) is 15.1 Å². The van der Waals surface area contributed by atoms with E-state index in [4.69, 9.17) is 17.0 Å². The predicted octanol–water partition coefficient (Wildman–Crippen LogP) is 7.51. The zero-order valence-electron chi connectivity index (χ0n) is 24.7. The normalized spacial score (nSPS) is 16.0. The fourth-order valence-corrected chi connectivity index (χ4v) is 6.91. The maximum atomic E-state index is 12.0. The molecule has 2 atom stereocenters. The molecule has 0 bridgehead atoms. The van der Waals surface area contributed by atoms with Crippen LogP contribution in [0.5, 0.6) is 0 Å². The number of carbonyl (C=O) groups excluding carboxylic acids is 1. The van der Waals surface area contributed by atoms with Crippen molar-refractivity contribution in [3.8, 4) is 5.69 Å². The number of methoxy groups -OCH3 is 1. The van der Waals surface area contributed by atoms with Crippen molar-refractivity contribution in [2.24, 2.45) is 0 Å². The van der Waals surface area contributed by atoms with E-state index in [-0.39, 0.29) is 23.7 Å². The first-order valence-electron chi connectivity index (χ1n) is 14.2. The lowest BCUT2D eigenvalue weighted by Crippen LogP contribution is -2.29. The van der Waals surface area contributed by atoms with E-state index in [9.17, 15) is 14.9 Å². The van der Waals surface area contributed by atoms with Gasteiger partial charge in [-0.1, -0.05) is 17.8 Å². The molecule has 3 heterocycles. The van der Waals surface area contributed by atoms with Crippen molar-refractivity contribution < 1.29 is 14.5 Å². The SMILES string of the molecule is COC(=O)c1ccc(-n2c(C)cc(C3C(c4ccccn4)NC(=S)N3c3ccc(Sc4ccc([N+](=O)[O-])cc4)cc3)c2C)cc1. The largest absolute Gasteiger partial charge is 0.465 e. The van der Waals surface area contributed by atoms with Crippen molar-refractivity contribution in [1.82, 2.24) is 14.9 Å². The van der Waals surface area contributed by atoms with E-state index < -0.39 is 4.92 Å². The molecule has 6 rings (SSSR count). The Morgan fingerprint density at radius 3 is 2.20 bits per heavy atom. The van der Waals surface area contributed by atoms with Crippen LogP contribution >= 0.6 is 24.0 Å². The lowest BCUT2D eigenvalue weighted by Gasteiger charge is -2.28. The summed E-state index contributed by atoms with van der Waals surface area (Å²) >= 11 is 7.48. The monoisotopic (exact) mass is 635 g/mol. The molecule has 11 heteroatoms. The smallest absolute Gasteiger partial charge is 0.337 e. The van der Waals surface area contributed by atoms with Crippen molar-refractivity contribution in [3.63, 3.8) is 0 Å². The molecule has 3 aromatic carbocycles. The summed E-state index contributed by atoms with van der Waals surface area (Å²) in [6.07, 6.45) is 1.79. The Kier molecular flexibility index (Phi) is 8.38. The highest BCUT2D eigenvalue weighted by Gasteiger charge is 2.42. The number of non-ortho nitro benzene ring substituents is 1. The van der Waals surface area contributed by atoms with Crippen molar-refractivity contribution in [2.45, 2.75) is 35.7 Å². The Morgan fingerprint density at radius 2 is 1.60 bits per heavy atom. The highest BCUT2D eigenvalue weighted by atomic mass is 32.2. The molecule has 1 N–H and O–H groups in total. The zero-order chi connectivity index (χ0) is 31.7. The summed E-state index contributed by atoms with van der Waals surface area (Å²) in [5.41, 5.74) is 6.48. The number of aromatic nitrogens is 2. The molecule has 0 saturated carbocycles. The van der Waals surface area contributed by atoms with Crippen LogP contribution in [0.25, 0.3) is 5.69 Å². The lowest BCUT2D eigenvalue weighted by molar-refractivity contribution is -0.384. The topological polar surface area (TPSA) is 103 Å².